The van der Waals surface area contributed by atoms with Crippen LogP contribution in [-0.4, -0.2) is 18.0 Å². The maximum atomic E-state index is 12.2. The van der Waals surface area contributed by atoms with Crippen LogP contribution in [-0.2, 0) is 4.79 Å². The van der Waals surface area contributed by atoms with Crippen molar-refractivity contribution in [2.75, 3.05) is 5.32 Å². The zero-order valence-electron chi connectivity index (χ0n) is 11.2. The number of halogens is 2. The highest BCUT2D eigenvalue weighted by molar-refractivity contribution is 6.42. The Labute approximate surface area is 127 Å². The molecule has 5 nitrogen and oxygen atoms in total. The quantitative estimate of drug-likeness (QED) is 0.779. The second kappa shape index (κ2) is 7.36. The van der Waals surface area contributed by atoms with Gasteiger partial charge in [0, 0.05) is 5.69 Å². The molecule has 0 unspecified atom stereocenters. The van der Waals surface area contributed by atoms with Gasteiger partial charge in [-0.1, -0.05) is 43.5 Å². The molecule has 20 heavy (non-hydrogen) atoms. The van der Waals surface area contributed by atoms with E-state index in [9.17, 15) is 9.59 Å². The predicted molar refractivity (Wildman–Crippen MR) is 81.1 cm³/mol. The van der Waals surface area contributed by atoms with Gasteiger partial charge in [0.15, 0.2) is 0 Å². The molecule has 0 aromatic heterocycles. The molecule has 4 N–H and O–H groups in total. The third-order valence-corrected chi connectivity index (χ3v) is 3.72. The molecular weight excluding hydrogens is 301 g/mol. The Kier molecular flexibility index (Phi) is 6.10. The summed E-state index contributed by atoms with van der Waals surface area (Å²) in [5.74, 6) is -0.401. The van der Waals surface area contributed by atoms with Crippen LogP contribution in [0.15, 0.2) is 18.2 Å². The topological polar surface area (TPSA) is 84.2 Å². The number of hydrogen-bond donors (Lipinski definition) is 3. The van der Waals surface area contributed by atoms with E-state index >= 15 is 0 Å². The van der Waals surface area contributed by atoms with E-state index in [1.165, 1.54) is 0 Å². The van der Waals surface area contributed by atoms with Crippen LogP contribution in [0.1, 0.15) is 20.3 Å². The lowest BCUT2D eigenvalue weighted by Gasteiger charge is -2.22. The van der Waals surface area contributed by atoms with E-state index in [0.29, 0.717) is 15.7 Å². The number of benzene rings is 1. The molecule has 1 aromatic carbocycles. The van der Waals surface area contributed by atoms with Gasteiger partial charge in [-0.05, 0) is 24.1 Å². The van der Waals surface area contributed by atoms with Crippen LogP contribution in [0, 0.1) is 5.92 Å². The number of carbonyl (C=O) groups is 2. The Balaban J connectivity index is 2.84. The van der Waals surface area contributed by atoms with Crippen molar-refractivity contribution in [2.45, 2.75) is 26.3 Å². The number of carbonyl (C=O) groups excluding carboxylic acids is 2. The van der Waals surface area contributed by atoms with E-state index < -0.39 is 12.1 Å². The first-order chi connectivity index (χ1) is 9.35. The maximum absolute atomic E-state index is 12.2. The Morgan fingerprint density at radius 1 is 1.30 bits per heavy atom. The number of rotatable bonds is 5. The Morgan fingerprint density at radius 3 is 2.45 bits per heavy atom. The summed E-state index contributed by atoms with van der Waals surface area (Å²) < 4.78 is 0. The summed E-state index contributed by atoms with van der Waals surface area (Å²) in [6.07, 6.45) is 0.722. The molecule has 1 aromatic rings. The molecular formula is C13H17Cl2N3O2. The number of amides is 3. The third-order valence-electron chi connectivity index (χ3n) is 2.98. The summed E-state index contributed by atoms with van der Waals surface area (Å²) >= 11 is 11.7. The Morgan fingerprint density at radius 2 is 1.95 bits per heavy atom. The highest BCUT2D eigenvalue weighted by atomic mass is 35.5. The highest BCUT2D eigenvalue weighted by Crippen LogP contribution is 2.25. The summed E-state index contributed by atoms with van der Waals surface area (Å²) in [7, 11) is 0. The molecule has 0 fully saturated rings. The molecule has 0 radical (unpaired) electrons. The largest absolute Gasteiger partial charge is 0.352 e. The lowest BCUT2D eigenvalue weighted by molar-refractivity contribution is -0.119. The van der Waals surface area contributed by atoms with Crippen LogP contribution in [0.4, 0.5) is 10.5 Å². The van der Waals surface area contributed by atoms with Gasteiger partial charge in [0.2, 0.25) is 5.91 Å². The molecule has 7 heteroatoms. The average Bonchev–Trinajstić information content (AvgIpc) is 2.39. The highest BCUT2D eigenvalue weighted by Gasteiger charge is 2.25. The van der Waals surface area contributed by atoms with Crippen molar-refractivity contribution in [1.82, 2.24) is 5.32 Å². The van der Waals surface area contributed by atoms with Gasteiger partial charge >= 0.3 is 6.03 Å². The van der Waals surface area contributed by atoms with E-state index in [1.54, 1.807) is 18.2 Å². The average molecular weight is 318 g/mol. The molecule has 0 bridgehead atoms. The minimum atomic E-state index is -0.736. The second-order valence-corrected chi connectivity index (χ2v) is 5.30. The van der Waals surface area contributed by atoms with Gasteiger partial charge in [0.25, 0.3) is 0 Å². The number of anilines is 1. The predicted octanol–water partition coefficient (Wildman–Crippen LogP) is 3.01. The van der Waals surface area contributed by atoms with Crippen molar-refractivity contribution in [3.63, 3.8) is 0 Å². The van der Waals surface area contributed by atoms with Gasteiger partial charge < -0.3 is 16.4 Å². The van der Waals surface area contributed by atoms with Gasteiger partial charge in [-0.25, -0.2) is 4.79 Å². The van der Waals surface area contributed by atoms with E-state index in [0.717, 1.165) is 6.42 Å². The monoisotopic (exact) mass is 317 g/mol. The minimum absolute atomic E-state index is 0.0507. The Hall–Kier alpha value is -1.46. The normalized spacial score (nSPS) is 13.4. The standard InChI is InChI=1S/C13H17Cl2N3O2/c1-3-7(2)11(18-13(16)20)12(19)17-8-4-5-9(14)10(15)6-8/h4-7,11H,3H2,1-2H3,(H,17,19)(H3,16,18,20)/t7-,11+/m1/s1. The first-order valence-electron chi connectivity index (χ1n) is 6.17. The fraction of sp³-hybridized carbons (Fsp3) is 0.385. The molecule has 2 atom stereocenters. The van der Waals surface area contributed by atoms with Gasteiger partial charge in [0.05, 0.1) is 10.0 Å². The van der Waals surface area contributed by atoms with Gasteiger partial charge in [0.1, 0.15) is 6.04 Å². The fourth-order valence-corrected chi connectivity index (χ4v) is 1.95. The first-order valence-corrected chi connectivity index (χ1v) is 6.92. The third kappa shape index (κ3) is 4.58. The summed E-state index contributed by atoms with van der Waals surface area (Å²) in [5, 5.41) is 5.86. The lowest BCUT2D eigenvalue weighted by Crippen LogP contribution is -2.49. The summed E-state index contributed by atoms with van der Waals surface area (Å²) in [4.78, 5) is 23.2. The van der Waals surface area contributed by atoms with Crippen LogP contribution in [0.5, 0.6) is 0 Å². The van der Waals surface area contributed by atoms with E-state index in [-0.39, 0.29) is 11.8 Å². The number of urea groups is 1. The lowest BCUT2D eigenvalue weighted by atomic mass is 9.98. The minimum Gasteiger partial charge on any atom is -0.352 e. The SMILES string of the molecule is CC[C@@H](C)[C@H](NC(N)=O)C(=O)Nc1ccc(Cl)c(Cl)c1. The van der Waals surface area contributed by atoms with Crippen molar-refractivity contribution < 1.29 is 9.59 Å². The van der Waals surface area contributed by atoms with E-state index in [1.807, 2.05) is 13.8 Å². The number of primary amides is 1. The van der Waals surface area contributed by atoms with Gasteiger partial charge in [-0.2, -0.15) is 0 Å². The van der Waals surface area contributed by atoms with Crippen LogP contribution >= 0.6 is 23.2 Å². The van der Waals surface area contributed by atoms with Crippen LogP contribution in [0.25, 0.3) is 0 Å². The zero-order valence-corrected chi connectivity index (χ0v) is 12.8. The van der Waals surface area contributed by atoms with Crippen LogP contribution in [0.3, 0.4) is 0 Å². The second-order valence-electron chi connectivity index (χ2n) is 4.49. The van der Waals surface area contributed by atoms with Crippen molar-refractivity contribution in [3.05, 3.63) is 28.2 Å². The molecule has 0 aliphatic carbocycles. The van der Waals surface area contributed by atoms with Crippen molar-refractivity contribution in [1.29, 1.82) is 0 Å². The van der Waals surface area contributed by atoms with Crippen molar-refractivity contribution in [3.8, 4) is 0 Å². The van der Waals surface area contributed by atoms with Gasteiger partial charge in [-0.15, -0.1) is 0 Å². The smallest absolute Gasteiger partial charge is 0.312 e. The van der Waals surface area contributed by atoms with E-state index in [2.05, 4.69) is 10.6 Å². The number of nitrogens with two attached hydrogens (primary N) is 1. The molecule has 0 saturated carbocycles. The Bertz CT molecular complexity index is 508. The van der Waals surface area contributed by atoms with Crippen LogP contribution in [0.2, 0.25) is 10.0 Å². The first kappa shape index (κ1) is 16.6. The van der Waals surface area contributed by atoms with E-state index in [4.69, 9.17) is 28.9 Å². The zero-order chi connectivity index (χ0) is 15.3. The summed E-state index contributed by atoms with van der Waals surface area (Å²) in [6, 6.07) is 3.31. The number of nitrogens with one attached hydrogen (secondary N) is 2. The van der Waals surface area contributed by atoms with Gasteiger partial charge in [-0.3, -0.25) is 4.79 Å². The van der Waals surface area contributed by atoms with Crippen molar-refractivity contribution in [2.24, 2.45) is 11.7 Å². The maximum Gasteiger partial charge on any atom is 0.312 e. The van der Waals surface area contributed by atoms with Crippen LogP contribution < -0.4 is 16.4 Å². The molecule has 1 rings (SSSR count). The summed E-state index contributed by atoms with van der Waals surface area (Å²) in [6.45, 7) is 3.78. The summed E-state index contributed by atoms with van der Waals surface area (Å²) in [5.41, 5.74) is 5.60. The number of hydrogen-bond acceptors (Lipinski definition) is 2. The molecule has 0 saturated heterocycles. The van der Waals surface area contributed by atoms with Crippen molar-refractivity contribution >= 4 is 40.8 Å². The molecule has 0 heterocycles. The molecule has 3 amide bonds. The molecule has 0 aliphatic rings. The molecule has 110 valence electrons. The molecule has 0 aliphatic heterocycles. The molecule has 0 spiro atoms. The fourth-order valence-electron chi connectivity index (χ4n) is 1.65.